The normalized spacial score (nSPS) is 11.3. The zero-order valence-electron chi connectivity index (χ0n) is 15.9. The molecular weight excluding hydrogens is 384 g/mol. The van der Waals surface area contributed by atoms with Crippen LogP contribution in [0.1, 0.15) is 5.56 Å². The molecule has 0 amide bonds. The van der Waals surface area contributed by atoms with Gasteiger partial charge in [-0.3, -0.25) is 9.71 Å². The summed E-state index contributed by atoms with van der Waals surface area (Å²) in [5.74, 6) is 0.480. The smallest absolute Gasteiger partial charge is 0.236 e. The summed E-state index contributed by atoms with van der Waals surface area (Å²) in [7, 11) is -1.97. The van der Waals surface area contributed by atoms with Crippen LogP contribution in [-0.2, 0) is 15.8 Å². The van der Waals surface area contributed by atoms with E-state index in [0.717, 1.165) is 27.5 Å². The van der Waals surface area contributed by atoms with E-state index in [4.69, 9.17) is 4.74 Å². The van der Waals surface area contributed by atoms with Gasteiger partial charge in [0.25, 0.3) is 0 Å². The molecule has 0 aliphatic carbocycles. The van der Waals surface area contributed by atoms with Crippen LogP contribution in [0.5, 0.6) is 5.75 Å². The number of anilines is 1. The first-order chi connectivity index (χ1) is 14.1. The van der Waals surface area contributed by atoms with E-state index in [1.54, 1.807) is 37.6 Å². The largest absolute Gasteiger partial charge is 0.496 e. The van der Waals surface area contributed by atoms with Crippen LogP contribution < -0.4 is 9.46 Å². The van der Waals surface area contributed by atoms with Gasteiger partial charge in [0.15, 0.2) is 0 Å². The molecule has 0 spiro atoms. The maximum Gasteiger partial charge on any atom is 0.236 e. The van der Waals surface area contributed by atoms with Crippen molar-refractivity contribution in [2.24, 2.45) is 0 Å². The molecule has 6 heteroatoms. The molecule has 0 atom stereocenters. The lowest BCUT2D eigenvalue weighted by atomic mass is 10.00. The second kappa shape index (κ2) is 7.93. The fourth-order valence-electron chi connectivity index (χ4n) is 3.32. The Morgan fingerprint density at radius 3 is 2.45 bits per heavy atom. The van der Waals surface area contributed by atoms with Gasteiger partial charge < -0.3 is 4.74 Å². The van der Waals surface area contributed by atoms with E-state index in [1.807, 2.05) is 54.7 Å². The molecule has 4 rings (SSSR count). The topological polar surface area (TPSA) is 68.3 Å². The molecule has 0 bridgehead atoms. The Morgan fingerprint density at radius 1 is 0.897 bits per heavy atom. The highest BCUT2D eigenvalue weighted by Crippen LogP contribution is 2.36. The molecule has 0 fully saturated rings. The average molecular weight is 404 g/mol. The van der Waals surface area contributed by atoms with Gasteiger partial charge in [0.1, 0.15) is 5.75 Å². The van der Waals surface area contributed by atoms with Gasteiger partial charge in [-0.25, -0.2) is 8.42 Å². The Balaban J connectivity index is 1.67. The van der Waals surface area contributed by atoms with Gasteiger partial charge in [-0.05, 0) is 23.1 Å². The minimum atomic E-state index is -3.54. The Kier molecular flexibility index (Phi) is 5.18. The maximum atomic E-state index is 12.5. The number of fused-ring (bicyclic) bond motifs is 1. The summed E-state index contributed by atoms with van der Waals surface area (Å²) in [5.41, 5.74) is 2.96. The number of benzene rings is 3. The number of sulfonamides is 1. The minimum Gasteiger partial charge on any atom is -0.496 e. The fourth-order valence-corrected chi connectivity index (χ4v) is 4.51. The van der Waals surface area contributed by atoms with Crippen molar-refractivity contribution < 1.29 is 13.2 Å². The number of methoxy groups -OCH3 is 1. The highest BCUT2D eigenvalue weighted by Gasteiger charge is 2.15. The molecule has 3 aromatic carbocycles. The Morgan fingerprint density at radius 2 is 1.66 bits per heavy atom. The van der Waals surface area contributed by atoms with Crippen LogP contribution in [0.2, 0.25) is 0 Å². The van der Waals surface area contributed by atoms with Gasteiger partial charge in [0.2, 0.25) is 10.0 Å². The van der Waals surface area contributed by atoms with Crippen molar-refractivity contribution in [2.75, 3.05) is 11.8 Å². The van der Waals surface area contributed by atoms with Crippen LogP contribution in [0.15, 0.2) is 85.2 Å². The van der Waals surface area contributed by atoms with Crippen LogP contribution in [0.25, 0.3) is 21.9 Å². The number of nitrogens with zero attached hydrogens (tertiary/aromatic N) is 1. The molecule has 5 nitrogen and oxygen atoms in total. The van der Waals surface area contributed by atoms with E-state index in [-0.39, 0.29) is 5.75 Å². The first kappa shape index (κ1) is 19.0. The van der Waals surface area contributed by atoms with E-state index >= 15 is 0 Å². The molecule has 146 valence electrons. The lowest BCUT2D eigenvalue weighted by Gasteiger charge is -2.14. The molecule has 0 saturated heterocycles. The highest BCUT2D eigenvalue weighted by molar-refractivity contribution is 7.91. The summed E-state index contributed by atoms with van der Waals surface area (Å²) < 4.78 is 33.3. The van der Waals surface area contributed by atoms with Crippen molar-refractivity contribution in [3.8, 4) is 16.9 Å². The number of aromatic nitrogens is 1. The third kappa shape index (κ3) is 4.22. The Hall–Kier alpha value is -3.38. The second-order valence-electron chi connectivity index (χ2n) is 6.67. The predicted molar refractivity (Wildman–Crippen MR) is 116 cm³/mol. The molecule has 0 unspecified atom stereocenters. The number of ether oxygens (including phenoxy) is 1. The SMILES string of the molecule is COc1cc(NS(=O)(=O)Cc2ccccc2)ccc1-c1cncc2ccccc12. The first-order valence-electron chi connectivity index (χ1n) is 9.11. The zero-order valence-corrected chi connectivity index (χ0v) is 16.7. The van der Waals surface area contributed by atoms with Gasteiger partial charge in [-0.2, -0.15) is 0 Å². The average Bonchev–Trinajstić information content (AvgIpc) is 2.73. The van der Waals surface area contributed by atoms with Crippen molar-refractivity contribution in [3.63, 3.8) is 0 Å². The summed E-state index contributed by atoms with van der Waals surface area (Å²) in [6.07, 6.45) is 3.61. The third-order valence-corrected chi connectivity index (χ3v) is 5.89. The zero-order chi connectivity index (χ0) is 20.3. The van der Waals surface area contributed by atoms with E-state index in [9.17, 15) is 8.42 Å². The van der Waals surface area contributed by atoms with Gasteiger partial charge in [0, 0.05) is 35.0 Å². The highest BCUT2D eigenvalue weighted by atomic mass is 32.2. The summed E-state index contributed by atoms with van der Waals surface area (Å²) in [6, 6.07) is 22.3. The van der Waals surface area contributed by atoms with E-state index in [2.05, 4.69) is 9.71 Å². The molecule has 0 aliphatic heterocycles. The number of rotatable bonds is 6. The Labute approximate surface area is 170 Å². The molecule has 1 N–H and O–H groups in total. The summed E-state index contributed by atoms with van der Waals surface area (Å²) in [6.45, 7) is 0. The quantitative estimate of drug-likeness (QED) is 0.499. The molecule has 29 heavy (non-hydrogen) atoms. The first-order valence-corrected chi connectivity index (χ1v) is 10.8. The molecule has 4 aromatic rings. The standard InChI is InChI=1S/C23H20N2O3S/c1-28-23-13-19(25-29(26,27)16-17-7-3-2-4-8-17)11-12-21(23)22-15-24-14-18-9-5-6-10-20(18)22/h2-15,25H,16H2,1H3. The van der Waals surface area contributed by atoms with Crippen LogP contribution in [0, 0.1) is 0 Å². The van der Waals surface area contributed by atoms with Crippen LogP contribution in [0.3, 0.4) is 0 Å². The van der Waals surface area contributed by atoms with Gasteiger partial charge in [0.05, 0.1) is 18.6 Å². The van der Waals surface area contributed by atoms with Crippen LogP contribution >= 0.6 is 0 Å². The molecule has 0 aliphatic rings. The van der Waals surface area contributed by atoms with Crippen LogP contribution in [0.4, 0.5) is 5.69 Å². The monoisotopic (exact) mass is 404 g/mol. The third-order valence-electron chi connectivity index (χ3n) is 4.63. The Bertz CT molecular complexity index is 1250. The number of nitrogens with one attached hydrogen (secondary N) is 1. The van der Waals surface area contributed by atoms with Gasteiger partial charge in [-0.1, -0.05) is 54.6 Å². The van der Waals surface area contributed by atoms with Crippen molar-refractivity contribution in [2.45, 2.75) is 5.75 Å². The number of hydrogen-bond acceptors (Lipinski definition) is 4. The van der Waals surface area contributed by atoms with E-state index < -0.39 is 10.0 Å². The van der Waals surface area contributed by atoms with E-state index in [1.165, 1.54) is 0 Å². The molecule has 1 aromatic heterocycles. The van der Waals surface area contributed by atoms with Gasteiger partial charge in [-0.15, -0.1) is 0 Å². The number of hydrogen-bond donors (Lipinski definition) is 1. The number of pyridine rings is 1. The maximum absolute atomic E-state index is 12.5. The molecular formula is C23H20N2O3S. The van der Waals surface area contributed by atoms with Crippen LogP contribution in [-0.4, -0.2) is 20.5 Å². The van der Waals surface area contributed by atoms with Crippen molar-refractivity contribution in [3.05, 3.63) is 90.8 Å². The van der Waals surface area contributed by atoms with Crippen molar-refractivity contribution in [1.82, 2.24) is 4.98 Å². The van der Waals surface area contributed by atoms with E-state index in [0.29, 0.717) is 11.4 Å². The van der Waals surface area contributed by atoms with Gasteiger partial charge >= 0.3 is 0 Å². The lowest BCUT2D eigenvalue weighted by molar-refractivity contribution is 0.416. The fraction of sp³-hybridized carbons (Fsp3) is 0.0870. The van der Waals surface area contributed by atoms with Crippen molar-refractivity contribution in [1.29, 1.82) is 0 Å². The lowest BCUT2D eigenvalue weighted by Crippen LogP contribution is -2.15. The summed E-state index contributed by atoms with van der Waals surface area (Å²) in [5, 5.41) is 2.08. The molecule has 0 saturated carbocycles. The second-order valence-corrected chi connectivity index (χ2v) is 8.39. The minimum absolute atomic E-state index is 0.0921. The molecule has 0 radical (unpaired) electrons. The molecule has 1 heterocycles. The summed E-state index contributed by atoms with van der Waals surface area (Å²) in [4.78, 5) is 4.33. The predicted octanol–water partition coefficient (Wildman–Crippen LogP) is 4.85. The van der Waals surface area contributed by atoms with Crippen molar-refractivity contribution >= 4 is 26.5 Å². The summed E-state index contributed by atoms with van der Waals surface area (Å²) >= 11 is 0.